The summed E-state index contributed by atoms with van der Waals surface area (Å²) in [5, 5.41) is 28.9. The lowest BCUT2D eigenvalue weighted by atomic mass is 10.1. The predicted molar refractivity (Wildman–Crippen MR) is 60.5 cm³/mol. The minimum Gasteiger partial charge on any atom is -0.391 e. The largest absolute Gasteiger partial charge is 0.391 e. The van der Waals surface area contributed by atoms with Crippen molar-refractivity contribution in [1.29, 1.82) is 0 Å². The zero-order valence-corrected chi connectivity index (χ0v) is 9.67. The van der Waals surface area contributed by atoms with E-state index in [0.29, 0.717) is 0 Å². The Kier molecular flexibility index (Phi) is 3.35. The molecule has 0 aromatic carbocycles. The van der Waals surface area contributed by atoms with Gasteiger partial charge in [0.15, 0.2) is 6.23 Å². The average molecular weight is 257 g/mol. The number of aliphatic hydroxyl groups is 3. The molecule has 0 saturated carbocycles. The van der Waals surface area contributed by atoms with E-state index in [2.05, 4.69) is 4.98 Å². The summed E-state index contributed by atoms with van der Waals surface area (Å²) in [5.74, 6) is 0.0522. The molecule has 1 aromatic heterocycles. The average Bonchev–Trinajstić information content (AvgIpc) is 2.57. The lowest BCUT2D eigenvalue weighted by Crippen LogP contribution is -2.38. The normalized spacial score (nSPS) is 33.6. The molecule has 1 aliphatic heterocycles. The van der Waals surface area contributed by atoms with Crippen molar-refractivity contribution in [3.05, 3.63) is 22.7 Å². The van der Waals surface area contributed by atoms with E-state index in [1.54, 1.807) is 0 Å². The first-order valence-electron chi connectivity index (χ1n) is 5.46. The third-order valence-electron chi connectivity index (χ3n) is 2.88. The molecule has 100 valence electrons. The van der Waals surface area contributed by atoms with Gasteiger partial charge in [0.1, 0.15) is 24.1 Å². The van der Waals surface area contributed by atoms with Gasteiger partial charge in [-0.1, -0.05) is 0 Å². The molecule has 1 unspecified atom stereocenters. The van der Waals surface area contributed by atoms with Crippen molar-refractivity contribution in [2.45, 2.75) is 37.6 Å². The van der Waals surface area contributed by atoms with Crippen LogP contribution in [-0.4, -0.2) is 49.3 Å². The first-order valence-corrected chi connectivity index (χ1v) is 5.46. The second kappa shape index (κ2) is 4.65. The molecule has 5 atom stereocenters. The lowest BCUT2D eigenvalue weighted by molar-refractivity contribution is -0.0803. The van der Waals surface area contributed by atoms with E-state index in [0.717, 1.165) is 4.57 Å². The van der Waals surface area contributed by atoms with Gasteiger partial charge in [0.2, 0.25) is 0 Å². The molecule has 8 heteroatoms. The van der Waals surface area contributed by atoms with Gasteiger partial charge in [-0.25, -0.2) is 4.79 Å². The molecule has 0 bridgehead atoms. The van der Waals surface area contributed by atoms with E-state index in [9.17, 15) is 20.1 Å². The molecule has 1 saturated heterocycles. The highest BCUT2D eigenvalue weighted by molar-refractivity contribution is 5.23. The Bertz CT molecular complexity index is 489. The Morgan fingerprint density at radius 1 is 1.50 bits per heavy atom. The topological polar surface area (TPSA) is 131 Å². The van der Waals surface area contributed by atoms with Crippen LogP contribution in [0, 0.1) is 0 Å². The van der Waals surface area contributed by atoms with Crippen molar-refractivity contribution in [3.63, 3.8) is 0 Å². The molecule has 8 nitrogen and oxygen atoms in total. The number of aromatic nitrogens is 2. The third-order valence-corrected chi connectivity index (χ3v) is 2.88. The number of nitrogens with two attached hydrogens (primary N) is 1. The van der Waals surface area contributed by atoms with E-state index in [4.69, 9.17) is 10.5 Å². The summed E-state index contributed by atoms with van der Waals surface area (Å²) in [4.78, 5) is 15.1. The van der Waals surface area contributed by atoms with Crippen molar-refractivity contribution in [3.8, 4) is 0 Å². The van der Waals surface area contributed by atoms with E-state index in [-0.39, 0.29) is 5.82 Å². The Morgan fingerprint density at radius 2 is 2.17 bits per heavy atom. The number of nitrogen functional groups attached to an aromatic ring is 1. The van der Waals surface area contributed by atoms with Crippen LogP contribution in [0.4, 0.5) is 5.82 Å². The summed E-state index contributed by atoms with van der Waals surface area (Å²) in [5.41, 5.74) is 4.65. The maximum absolute atomic E-state index is 11.6. The Labute approximate surface area is 102 Å². The van der Waals surface area contributed by atoms with Crippen LogP contribution in [0.5, 0.6) is 0 Å². The molecule has 0 radical (unpaired) electrons. The summed E-state index contributed by atoms with van der Waals surface area (Å²) in [7, 11) is 0. The quantitative estimate of drug-likeness (QED) is 0.474. The highest BCUT2D eigenvalue weighted by Gasteiger charge is 2.46. The van der Waals surface area contributed by atoms with Crippen LogP contribution in [0.15, 0.2) is 17.1 Å². The fourth-order valence-electron chi connectivity index (χ4n) is 1.93. The second-order valence-electron chi connectivity index (χ2n) is 4.26. The summed E-state index contributed by atoms with van der Waals surface area (Å²) in [6.07, 6.45) is -4.32. The number of hydrogen-bond donors (Lipinski definition) is 4. The van der Waals surface area contributed by atoms with E-state index < -0.39 is 36.3 Å². The first kappa shape index (κ1) is 13.0. The molecular formula is C10H15N3O5. The van der Waals surface area contributed by atoms with Gasteiger partial charge in [-0.15, -0.1) is 0 Å². The minimum atomic E-state index is -1.33. The van der Waals surface area contributed by atoms with Gasteiger partial charge in [-0.05, 0) is 13.0 Å². The molecule has 1 aromatic rings. The van der Waals surface area contributed by atoms with Gasteiger partial charge >= 0.3 is 5.69 Å². The maximum atomic E-state index is 11.6. The summed E-state index contributed by atoms with van der Waals surface area (Å²) in [6.45, 7) is 1.42. The van der Waals surface area contributed by atoms with Gasteiger partial charge in [0.05, 0.1) is 6.10 Å². The molecular weight excluding hydrogens is 242 g/mol. The number of ether oxygens (including phenoxy) is 1. The van der Waals surface area contributed by atoms with Gasteiger partial charge in [-0.3, -0.25) is 4.57 Å². The Morgan fingerprint density at radius 3 is 2.67 bits per heavy atom. The van der Waals surface area contributed by atoms with Crippen molar-refractivity contribution < 1.29 is 20.1 Å². The molecule has 0 spiro atoms. The van der Waals surface area contributed by atoms with Gasteiger partial charge < -0.3 is 25.8 Å². The SMILES string of the molecule is C[C@@H](O)[C@H]1O[C@@H](n2ccc(N)nc2=O)[C@@H](O)C1O. The smallest absolute Gasteiger partial charge is 0.351 e. The molecule has 5 N–H and O–H groups in total. The van der Waals surface area contributed by atoms with E-state index >= 15 is 0 Å². The van der Waals surface area contributed by atoms with Crippen LogP contribution in [-0.2, 0) is 4.74 Å². The van der Waals surface area contributed by atoms with Crippen molar-refractivity contribution in [1.82, 2.24) is 9.55 Å². The molecule has 18 heavy (non-hydrogen) atoms. The third kappa shape index (κ3) is 2.10. The fourth-order valence-corrected chi connectivity index (χ4v) is 1.93. The second-order valence-corrected chi connectivity index (χ2v) is 4.26. The zero-order valence-electron chi connectivity index (χ0n) is 9.67. The Balaban J connectivity index is 2.32. The van der Waals surface area contributed by atoms with E-state index in [1.165, 1.54) is 19.2 Å². The molecule has 0 aliphatic carbocycles. The van der Waals surface area contributed by atoms with Crippen LogP contribution < -0.4 is 11.4 Å². The lowest BCUT2D eigenvalue weighted by Gasteiger charge is -2.17. The van der Waals surface area contributed by atoms with Crippen LogP contribution in [0.25, 0.3) is 0 Å². The maximum Gasteiger partial charge on any atom is 0.351 e. The minimum absolute atomic E-state index is 0.0522. The number of rotatable bonds is 2. The number of anilines is 1. The number of hydrogen-bond acceptors (Lipinski definition) is 7. The highest BCUT2D eigenvalue weighted by atomic mass is 16.6. The van der Waals surface area contributed by atoms with Gasteiger partial charge in [-0.2, -0.15) is 4.98 Å². The van der Waals surface area contributed by atoms with Crippen LogP contribution in [0.2, 0.25) is 0 Å². The fraction of sp³-hybridized carbons (Fsp3) is 0.600. The van der Waals surface area contributed by atoms with Crippen molar-refractivity contribution >= 4 is 5.82 Å². The molecule has 0 amide bonds. The summed E-state index contributed by atoms with van der Waals surface area (Å²) < 4.78 is 6.31. The van der Waals surface area contributed by atoms with Crippen molar-refractivity contribution in [2.75, 3.05) is 5.73 Å². The van der Waals surface area contributed by atoms with Gasteiger partial charge in [0.25, 0.3) is 0 Å². The molecule has 1 fully saturated rings. The standard InChI is InChI=1S/C10H15N3O5/c1-4(14)8-6(15)7(16)9(18-8)13-3-2-5(11)12-10(13)17/h2-4,6-9,14-16H,1H3,(H2,11,12,17)/t4-,6?,7+,8-,9-/m1/s1. The summed E-state index contributed by atoms with van der Waals surface area (Å²) in [6, 6.07) is 1.37. The highest BCUT2D eigenvalue weighted by Crippen LogP contribution is 2.29. The van der Waals surface area contributed by atoms with E-state index in [1.807, 2.05) is 0 Å². The first-order chi connectivity index (χ1) is 8.41. The molecule has 1 aliphatic rings. The van der Waals surface area contributed by atoms with Crippen LogP contribution >= 0.6 is 0 Å². The summed E-state index contributed by atoms with van der Waals surface area (Å²) >= 11 is 0. The molecule has 2 rings (SSSR count). The van der Waals surface area contributed by atoms with Crippen molar-refractivity contribution in [2.24, 2.45) is 0 Å². The number of nitrogens with zero attached hydrogens (tertiary/aromatic N) is 2. The zero-order chi connectivity index (χ0) is 13.4. The predicted octanol–water partition coefficient (Wildman–Crippen LogP) is -2.17. The monoisotopic (exact) mass is 257 g/mol. The van der Waals surface area contributed by atoms with Gasteiger partial charge in [0, 0.05) is 6.20 Å². The Hall–Kier alpha value is -1.48. The number of aliphatic hydroxyl groups excluding tert-OH is 3. The molecule has 2 heterocycles. The van der Waals surface area contributed by atoms with Crippen LogP contribution in [0.3, 0.4) is 0 Å². The van der Waals surface area contributed by atoms with Crippen LogP contribution in [0.1, 0.15) is 13.2 Å².